The van der Waals surface area contributed by atoms with Crippen LogP contribution in [0.2, 0.25) is 0 Å². The number of sulfonamides is 1. The molecule has 1 aromatic carbocycles. The van der Waals surface area contributed by atoms with Gasteiger partial charge < -0.3 is 24.4 Å². The second kappa shape index (κ2) is 12.9. The first-order valence-corrected chi connectivity index (χ1v) is 14.1. The molecule has 4 atom stereocenters. The van der Waals surface area contributed by atoms with Crippen LogP contribution in [-0.2, 0) is 14.8 Å². The van der Waals surface area contributed by atoms with Crippen molar-refractivity contribution in [3.63, 3.8) is 0 Å². The molecule has 1 heterocycles. The Morgan fingerprint density at radius 3 is 2.49 bits per heavy atom. The molecule has 0 fully saturated rings. The van der Waals surface area contributed by atoms with Crippen LogP contribution in [0.1, 0.15) is 50.4 Å². The van der Waals surface area contributed by atoms with Crippen molar-refractivity contribution in [1.82, 2.24) is 9.21 Å². The maximum Gasteiger partial charge on any atom is 0.258 e. The summed E-state index contributed by atoms with van der Waals surface area (Å²) in [5, 5.41) is 9.96. The second-order valence-corrected chi connectivity index (χ2v) is 12.0. The molecule has 10 heteroatoms. The van der Waals surface area contributed by atoms with E-state index in [2.05, 4.69) is 0 Å². The average molecular weight is 514 g/mol. The third kappa shape index (κ3) is 8.34. The molecule has 0 spiro atoms. The number of carbonyl (C=O) groups excluding carboxylic acids is 1. The van der Waals surface area contributed by atoms with E-state index in [0.29, 0.717) is 24.5 Å². The Morgan fingerprint density at radius 1 is 1.20 bits per heavy atom. The molecule has 0 bridgehead atoms. The lowest BCUT2D eigenvalue weighted by Gasteiger charge is -2.35. The number of carbonyl (C=O) groups is 1. The highest BCUT2D eigenvalue weighted by molar-refractivity contribution is 7.88. The number of hydrogen-bond donors (Lipinski definition) is 1. The van der Waals surface area contributed by atoms with Gasteiger partial charge in [-0.2, -0.15) is 0 Å². The molecule has 0 radical (unpaired) electrons. The second-order valence-electron chi connectivity index (χ2n) is 9.92. The smallest absolute Gasteiger partial charge is 0.258 e. The number of fused-ring (bicyclic) bond motifs is 1. The number of hydrogen-bond acceptors (Lipinski definition) is 7. The quantitative estimate of drug-likeness (QED) is 0.624. The molecule has 0 aromatic heterocycles. The van der Waals surface area contributed by atoms with E-state index >= 15 is 0 Å². The summed E-state index contributed by atoms with van der Waals surface area (Å²) >= 11 is 0. The van der Waals surface area contributed by atoms with Crippen molar-refractivity contribution in [2.75, 3.05) is 58.6 Å². The zero-order valence-corrected chi connectivity index (χ0v) is 23.0. The van der Waals surface area contributed by atoms with Crippen molar-refractivity contribution in [2.45, 2.75) is 58.3 Å². The number of anilines is 1. The Bertz CT molecular complexity index is 939. The summed E-state index contributed by atoms with van der Waals surface area (Å²) in [5.41, 5.74) is 1.31. The van der Waals surface area contributed by atoms with Gasteiger partial charge in [0.05, 0.1) is 36.7 Å². The van der Waals surface area contributed by atoms with E-state index < -0.39 is 22.2 Å². The summed E-state index contributed by atoms with van der Waals surface area (Å²) in [6.07, 6.45) is 3.18. The molecule has 0 aliphatic carbocycles. The molecular weight excluding hydrogens is 470 g/mol. The molecule has 35 heavy (non-hydrogen) atoms. The summed E-state index contributed by atoms with van der Waals surface area (Å²) in [6.45, 7) is 6.51. The predicted molar refractivity (Wildman–Crippen MR) is 139 cm³/mol. The first-order valence-electron chi connectivity index (χ1n) is 12.3. The van der Waals surface area contributed by atoms with Gasteiger partial charge in [0.1, 0.15) is 5.75 Å². The summed E-state index contributed by atoms with van der Waals surface area (Å²) in [6, 6.07) is 5.14. The predicted octanol–water partition coefficient (Wildman–Crippen LogP) is 2.44. The SMILES string of the molecule is C[C@H](CO)N1C[C@H](C)[C@@H](CN(C)S(C)(=O)=O)OCCCC[C@H](C)Oc2ccc(N(C)C)cc2C1=O. The van der Waals surface area contributed by atoms with Gasteiger partial charge in [-0.05, 0) is 51.3 Å². The summed E-state index contributed by atoms with van der Waals surface area (Å²) in [7, 11) is 1.98. The minimum atomic E-state index is -3.38. The standard InChI is InChI=1S/C25H43N3O6S/c1-18-15-28(19(2)17-29)25(30)22-14-21(26(4)5)11-12-23(22)34-20(3)10-8-9-13-33-24(18)16-27(6)35(7,31)32/h11-12,14,18-20,24,29H,8-10,13,15-17H2,1-7H3/t18-,19+,20-,24+/m0/s1. The minimum Gasteiger partial charge on any atom is -0.490 e. The number of amides is 1. The highest BCUT2D eigenvalue weighted by atomic mass is 32.2. The summed E-state index contributed by atoms with van der Waals surface area (Å²) in [4.78, 5) is 17.5. The van der Waals surface area contributed by atoms with E-state index in [9.17, 15) is 18.3 Å². The van der Waals surface area contributed by atoms with Gasteiger partial charge in [0.25, 0.3) is 5.91 Å². The topological polar surface area (TPSA) is 99.6 Å². The highest BCUT2D eigenvalue weighted by Crippen LogP contribution is 2.29. The van der Waals surface area contributed by atoms with Gasteiger partial charge in [0.15, 0.2) is 0 Å². The fourth-order valence-corrected chi connectivity index (χ4v) is 4.46. The molecular formula is C25H43N3O6S. The third-order valence-electron chi connectivity index (χ3n) is 6.55. The van der Waals surface area contributed by atoms with E-state index in [0.717, 1.165) is 24.9 Å². The lowest BCUT2D eigenvalue weighted by Crippen LogP contribution is -2.47. The normalized spacial score (nSPS) is 23.9. The lowest BCUT2D eigenvalue weighted by atomic mass is 10.0. The first-order chi connectivity index (χ1) is 16.3. The van der Waals surface area contributed by atoms with Crippen molar-refractivity contribution in [2.24, 2.45) is 5.92 Å². The van der Waals surface area contributed by atoms with Crippen LogP contribution in [0.3, 0.4) is 0 Å². The minimum absolute atomic E-state index is 0.0931. The van der Waals surface area contributed by atoms with Gasteiger partial charge in [-0.15, -0.1) is 0 Å². The van der Waals surface area contributed by atoms with Crippen LogP contribution in [-0.4, -0.2) is 101 Å². The number of aliphatic hydroxyl groups excluding tert-OH is 1. The van der Waals surface area contributed by atoms with Crippen LogP contribution in [0.5, 0.6) is 5.75 Å². The van der Waals surface area contributed by atoms with E-state index in [-0.39, 0.29) is 31.1 Å². The largest absolute Gasteiger partial charge is 0.490 e. The Kier molecular flexibility index (Phi) is 10.8. The number of ether oxygens (including phenoxy) is 2. The molecule has 0 saturated carbocycles. The molecule has 1 aliphatic heterocycles. The number of likely N-dealkylation sites (N-methyl/N-ethyl adjacent to an activating group) is 1. The van der Waals surface area contributed by atoms with Crippen molar-refractivity contribution in [1.29, 1.82) is 0 Å². The molecule has 1 N–H and O–H groups in total. The zero-order valence-electron chi connectivity index (χ0n) is 22.2. The van der Waals surface area contributed by atoms with Crippen LogP contribution >= 0.6 is 0 Å². The van der Waals surface area contributed by atoms with E-state index in [1.807, 2.05) is 51.0 Å². The average Bonchev–Trinajstić information content (AvgIpc) is 2.79. The zero-order chi connectivity index (χ0) is 26.3. The van der Waals surface area contributed by atoms with Crippen molar-refractivity contribution < 1.29 is 27.8 Å². The van der Waals surface area contributed by atoms with Gasteiger partial charge in [0, 0.05) is 52.4 Å². The van der Waals surface area contributed by atoms with Gasteiger partial charge in [0.2, 0.25) is 10.0 Å². The van der Waals surface area contributed by atoms with Crippen molar-refractivity contribution in [3.8, 4) is 5.75 Å². The van der Waals surface area contributed by atoms with Crippen LogP contribution in [0.4, 0.5) is 5.69 Å². The van der Waals surface area contributed by atoms with E-state index in [4.69, 9.17) is 9.47 Å². The molecule has 9 nitrogen and oxygen atoms in total. The number of aliphatic hydroxyl groups is 1. The first kappa shape index (κ1) is 29.4. The fraction of sp³-hybridized carbons (Fsp3) is 0.720. The van der Waals surface area contributed by atoms with Crippen molar-refractivity contribution in [3.05, 3.63) is 23.8 Å². The summed E-state index contributed by atoms with van der Waals surface area (Å²) < 4.78 is 37.8. The molecule has 0 saturated heterocycles. The van der Waals surface area contributed by atoms with Crippen LogP contribution < -0.4 is 9.64 Å². The third-order valence-corrected chi connectivity index (χ3v) is 7.84. The maximum absolute atomic E-state index is 13.9. The van der Waals surface area contributed by atoms with Crippen molar-refractivity contribution >= 4 is 21.6 Å². The lowest BCUT2D eigenvalue weighted by molar-refractivity contribution is -0.00828. The molecule has 1 amide bonds. The number of rotatable bonds is 6. The molecule has 1 aliphatic rings. The van der Waals surface area contributed by atoms with Crippen LogP contribution in [0.25, 0.3) is 0 Å². The van der Waals surface area contributed by atoms with Gasteiger partial charge in [-0.25, -0.2) is 12.7 Å². The molecule has 2 rings (SSSR count). The van der Waals surface area contributed by atoms with Gasteiger partial charge >= 0.3 is 0 Å². The Labute approximate surface area is 211 Å². The Balaban J connectivity index is 2.49. The van der Waals surface area contributed by atoms with E-state index in [1.165, 1.54) is 17.6 Å². The Hall–Kier alpha value is -1.88. The number of benzene rings is 1. The number of nitrogens with zero attached hydrogens (tertiary/aromatic N) is 3. The molecule has 200 valence electrons. The summed E-state index contributed by atoms with van der Waals surface area (Å²) in [5.74, 6) is 0.106. The Morgan fingerprint density at radius 2 is 1.89 bits per heavy atom. The highest BCUT2D eigenvalue weighted by Gasteiger charge is 2.31. The maximum atomic E-state index is 13.9. The van der Waals surface area contributed by atoms with Gasteiger partial charge in [-0.3, -0.25) is 4.79 Å². The van der Waals surface area contributed by atoms with Gasteiger partial charge in [-0.1, -0.05) is 6.92 Å². The van der Waals surface area contributed by atoms with Crippen LogP contribution in [0, 0.1) is 5.92 Å². The van der Waals surface area contributed by atoms with Crippen LogP contribution in [0.15, 0.2) is 18.2 Å². The molecule has 1 aromatic rings. The monoisotopic (exact) mass is 513 g/mol. The van der Waals surface area contributed by atoms with E-state index in [1.54, 1.807) is 11.8 Å². The molecule has 0 unspecified atom stereocenters. The fourth-order valence-electron chi connectivity index (χ4n) is 4.04.